The number of aliphatic hydroxyl groups excluding tert-OH is 1. The van der Waals surface area contributed by atoms with E-state index in [2.05, 4.69) is 10.6 Å². The minimum Gasteiger partial charge on any atom is -0.444 e. The fourth-order valence-corrected chi connectivity index (χ4v) is 3.18. The molecular formula is C13H25ClN2O3. The topological polar surface area (TPSA) is 70.6 Å². The van der Waals surface area contributed by atoms with Crippen molar-refractivity contribution in [1.82, 2.24) is 10.6 Å². The molecule has 2 aliphatic rings. The molecule has 1 saturated carbocycles. The lowest BCUT2D eigenvalue weighted by Crippen LogP contribution is -2.46. The van der Waals surface area contributed by atoms with Gasteiger partial charge < -0.3 is 20.5 Å². The number of rotatable bonds is 2. The largest absolute Gasteiger partial charge is 0.444 e. The Morgan fingerprint density at radius 2 is 2.00 bits per heavy atom. The summed E-state index contributed by atoms with van der Waals surface area (Å²) in [6.45, 7) is 7.53. The van der Waals surface area contributed by atoms with E-state index in [0.717, 1.165) is 19.5 Å². The first kappa shape index (κ1) is 16.5. The summed E-state index contributed by atoms with van der Waals surface area (Å²) in [6, 6.07) is 0.0323. The second-order valence-corrected chi connectivity index (χ2v) is 6.43. The van der Waals surface area contributed by atoms with Crippen molar-refractivity contribution in [2.45, 2.75) is 38.8 Å². The summed E-state index contributed by atoms with van der Waals surface area (Å²) in [5.74, 6) is 1.03. The first-order valence-electron chi connectivity index (χ1n) is 6.72. The molecule has 1 aliphatic heterocycles. The van der Waals surface area contributed by atoms with E-state index in [1.807, 2.05) is 20.8 Å². The highest BCUT2D eigenvalue weighted by Crippen LogP contribution is 2.38. The molecule has 112 valence electrons. The van der Waals surface area contributed by atoms with Gasteiger partial charge in [0.05, 0.1) is 0 Å². The quantitative estimate of drug-likeness (QED) is 0.714. The number of halogens is 1. The van der Waals surface area contributed by atoms with Gasteiger partial charge in [-0.1, -0.05) is 0 Å². The molecule has 1 heterocycles. The molecule has 4 atom stereocenters. The molecule has 2 rings (SSSR count). The molecule has 0 unspecified atom stereocenters. The number of piperidine rings is 1. The first-order valence-corrected chi connectivity index (χ1v) is 6.72. The summed E-state index contributed by atoms with van der Waals surface area (Å²) < 4.78 is 5.29. The molecule has 1 aliphatic carbocycles. The predicted molar refractivity (Wildman–Crippen MR) is 75.4 cm³/mol. The zero-order valence-electron chi connectivity index (χ0n) is 11.8. The van der Waals surface area contributed by atoms with Gasteiger partial charge in [-0.2, -0.15) is 0 Å². The van der Waals surface area contributed by atoms with Crippen LogP contribution < -0.4 is 10.6 Å². The Bertz CT molecular complexity index is 320. The Balaban J connectivity index is 0.00000180. The predicted octanol–water partition coefficient (Wildman–Crippen LogP) is 1.15. The van der Waals surface area contributed by atoms with Crippen LogP contribution in [-0.2, 0) is 4.74 Å². The van der Waals surface area contributed by atoms with Crippen LogP contribution in [0.25, 0.3) is 0 Å². The van der Waals surface area contributed by atoms with Crippen molar-refractivity contribution in [3.63, 3.8) is 0 Å². The molecule has 0 aromatic rings. The average Bonchev–Trinajstić information content (AvgIpc) is 2.47. The highest BCUT2D eigenvalue weighted by atomic mass is 35.5. The summed E-state index contributed by atoms with van der Waals surface area (Å²) >= 11 is 0. The first-order chi connectivity index (χ1) is 8.40. The standard InChI is InChI=1S/C13H24N2O3.ClH/c1-13(2,3)18-12(17)15-11-9-4-8(5-14-6-9)10(11)7-16;/h8-11,14,16H,4-7H2,1-3H3,(H,15,17);1H/t8-,9+,10-,11+;/m1./s1. The number of hydrogen-bond acceptors (Lipinski definition) is 4. The van der Waals surface area contributed by atoms with Gasteiger partial charge in [0.15, 0.2) is 0 Å². The zero-order valence-corrected chi connectivity index (χ0v) is 12.6. The lowest BCUT2D eigenvalue weighted by molar-refractivity contribution is 0.0464. The average molecular weight is 293 g/mol. The maximum atomic E-state index is 11.8. The minimum atomic E-state index is -0.481. The highest BCUT2D eigenvalue weighted by Gasteiger charge is 2.45. The van der Waals surface area contributed by atoms with E-state index in [4.69, 9.17) is 4.74 Å². The SMILES string of the molecule is CC(C)(C)OC(=O)N[C@H]1[C@@H]2CNC[C@@H](C2)[C@H]1CO.Cl. The lowest BCUT2D eigenvalue weighted by atomic mass is 9.95. The molecule has 6 heteroatoms. The molecule has 1 saturated heterocycles. The van der Waals surface area contributed by atoms with Crippen LogP contribution in [0.4, 0.5) is 4.79 Å². The Kier molecular flexibility index (Phi) is 5.47. The van der Waals surface area contributed by atoms with Gasteiger partial charge in [0.25, 0.3) is 0 Å². The smallest absolute Gasteiger partial charge is 0.407 e. The van der Waals surface area contributed by atoms with Crippen LogP contribution in [0, 0.1) is 17.8 Å². The minimum absolute atomic E-state index is 0. The molecule has 1 amide bonds. The maximum Gasteiger partial charge on any atom is 0.407 e. The molecule has 0 aromatic heterocycles. The van der Waals surface area contributed by atoms with Crippen LogP contribution in [-0.4, -0.2) is 42.5 Å². The number of amides is 1. The van der Waals surface area contributed by atoms with Gasteiger partial charge in [0, 0.05) is 18.6 Å². The Hall–Kier alpha value is -0.520. The van der Waals surface area contributed by atoms with E-state index in [-0.39, 0.29) is 37.1 Å². The van der Waals surface area contributed by atoms with Gasteiger partial charge in [-0.3, -0.25) is 0 Å². The van der Waals surface area contributed by atoms with Crippen LogP contribution in [0.3, 0.4) is 0 Å². The zero-order chi connectivity index (χ0) is 13.3. The van der Waals surface area contributed by atoms with E-state index >= 15 is 0 Å². The van der Waals surface area contributed by atoms with Gasteiger partial charge in [0.2, 0.25) is 0 Å². The van der Waals surface area contributed by atoms with Crippen molar-refractivity contribution in [3.05, 3.63) is 0 Å². The van der Waals surface area contributed by atoms with Crippen LogP contribution in [0.5, 0.6) is 0 Å². The monoisotopic (exact) mass is 292 g/mol. The number of carbonyl (C=O) groups is 1. The number of aliphatic hydroxyl groups is 1. The second kappa shape index (κ2) is 6.29. The number of ether oxygens (including phenoxy) is 1. The second-order valence-electron chi connectivity index (χ2n) is 6.43. The molecule has 0 aromatic carbocycles. The van der Waals surface area contributed by atoms with Gasteiger partial charge in [-0.15, -0.1) is 12.4 Å². The summed E-state index contributed by atoms with van der Waals surface area (Å²) in [4.78, 5) is 11.8. The molecule has 19 heavy (non-hydrogen) atoms. The van der Waals surface area contributed by atoms with E-state index in [1.165, 1.54) is 0 Å². The van der Waals surface area contributed by atoms with Crippen LogP contribution >= 0.6 is 12.4 Å². The van der Waals surface area contributed by atoms with E-state index in [0.29, 0.717) is 11.8 Å². The fourth-order valence-electron chi connectivity index (χ4n) is 3.18. The molecule has 0 spiro atoms. The molecule has 5 nitrogen and oxygen atoms in total. The molecule has 3 N–H and O–H groups in total. The highest BCUT2D eigenvalue weighted by molar-refractivity contribution is 5.85. The Labute approximate surface area is 120 Å². The van der Waals surface area contributed by atoms with Crippen LogP contribution in [0.1, 0.15) is 27.2 Å². The van der Waals surface area contributed by atoms with E-state index in [1.54, 1.807) is 0 Å². The van der Waals surface area contributed by atoms with Crippen molar-refractivity contribution in [3.8, 4) is 0 Å². The number of carbonyl (C=O) groups excluding carboxylic acids is 1. The summed E-state index contributed by atoms with van der Waals surface area (Å²) in [5.41, 5.74) is -0.481. The van der Waals surface area contributed by atoms with E-state index in [9.17, 15) is 9.90 Å². The molecular weight excluding hydrogens is 268 g/mol. The summed E-state index contributed by atoms with van der Waals surface area (Å²) in [7, 11) is 0. The van der Waals surface area contributed by atoms with Crippen LogP contribution in [0.2, 0.25) is 0 Å². The Morgan fingerprint density at radius 3 is 2.58 bits per heavy atom. The van der Waals surface area contributed by atoms with Gasteiger partial charge in [0.1, 0.15) is 5.60 Å². The number of hydrogen-bond donors (Lipinski definition) is 3. The third-order valence-corrected chi connectivity index (χ3v) is 3.89. The van der Waals surface area contributed by atoms with Crippen molar-refractivity contribution < 1.29 is 14.6 Å². The van der Waals surface area contributed by atoms with Crippen molar-refractivity contribution in [1.29, 1.82) is 0 Å². The van der Waals surface area contributed by atoms with Crippen molar-refractivity contribution in [2.24, 2.45) is 17.8 Å². The van der Waals surface area contributed by atoms with Gasteiger partial charge in [-0.25, -0.2) is 4.79 Å². The number of nitrogens with one attached hydrogen (secondary N) is 2. The van der Waals surface area contributed by atoms with Crippen LogP contribution in [0.15, 0.2) is 0 Å². The number of fused-ring (bicyclic) bond motifs is 2. The third-order valence-electron chi connectivity index (χ3n) is 3.89. The van der Waals surface area contributed by atoms with Gasteiger partial charge in [-0.05, 0) is 52.1 Å². The summed E-state index contributed by atoms with van der Waals surface area (Å²) in [5, 5.41) is 15.8. The van der Waals surface area contributed by atoms with Crippen molar-refractivity contribution >= 4 is 18.5 Å². The fraction of sp³-hybridized carbons (Fsp3) is 0.923. The summed E-state index contributed by atoms with van der Waals surface area (Å²) in [6.07, 6.45) is 0.706. The van der Waals surface area contributed by atoms with E-state index < -0.39 is 5.60 Å². The molecule has 0 radical (unpaired) electrons. The molecule has 2 bridgehead atoms. The molecule has 2 fully saturated rings. The third kappa shape index (κ3) is 3.97. The lowest BCUT2D eigenvalue weighted by Gasteiger charge is -2.26. The Morgan fingerprint density at radius 1 is 1.37 bits per heavy atom. The van der Waals surface area contributed by atoms with Gasteiger partial charge >= 0.3 is 6.09 Å². The van der Waals surface area contributed by atoms with Crippen molar-refractivity contribution in [2.75, 3.05) is 19.7 Å². The normalized spacial score (nSPS) is 33.5. The number of alkyl carbamates (subject to hydrolysis) is 1. The maximum absolute atomic E-state index is 11.8.